The molecular formula is C26H28N6O2. The summed E-state index contributed by atoms with van der Waals surface area (Å²) in [7, 11) is 0. The number of nitrogens with one attached hydrogen (secondary N) is 1. The lowest BCUT2D eigenvalue weighted by Crippen LogP contribution is -2.23. The van der Waals surface area contributed by atoms with Gasteiger partial charge in [0.25, 0.3) is 5.91 Å². The molecule has 2 aromatic heterocycles. The summed E-state index contributed by atoms with van der Waals surface area (Å²) in [5, 5.41) is 8.69. The van der Waals surface area contributed by atoms with Crippen LogP contribution in [0.5, 0.6) is 5.75 Å². The first-order valence-corrected chi connectivity index (χ1v) is 11.7. The van der Waals surface area contributed by atoms with Crippen LogP contribution in [0.3, 0.4) is 0 Å². The van der Waals surface area contributed by atoms with Gasteiger partial charge < -0.3 is 15.8 Å². The molecule has 0 atom stereocenters. The zero-order chi connectivity index (χ0) is 23.5. The molecule has 1 fully saturated rings. The van der Waals surface area contributed by atoms with E-state index in [1.54, 1.807) is 12.1 Å². The van der Waals surface area contributed by atoms with Crippen molar-refractivity contribution in [3.63, 3.8) is 0 Å². The Morgan fingerprint density at radius 2 is 1.88 bits per heavy atom. The van der Waals surface area contributed by atoms with Crippen LogP contribution in [0.4, 0.5) is 5.82 Å². The Kier molecular flexibility index (Phi) is 6.12. The SMILES string of the molecule is CCOc1ccccc1C(=O)NCc1ccc(-c2nn(C3CCCC3)c3ncnc(N)c23)cc1. The van der Waals surface area contributed by atoms with Crippen molar-refractivity contribution in [1.29, 1.82) is 0 Å². The van der Waals surface area contributed by atoms with Crippen LogP contribution in [0.15, 0.2) is 54.9 Å². The Balaban J connectivity index is 1.36. The minimum Gasteiger partial charge on any atom is -0.493 e. The highest BCUT2D eigenvalue weighted by atomic mass is 16.5. The average molecular weight is 457 g/mol. The molecule has 5 rings (SSSR count). The molecular weight excluding hydrogens is 428 g/mol. The fourth-order valence-corrected chi connectivity index (χ4v) is 4.59. The normalized spacial score (nSPS) is 13.9. The van der Waals surface area contributed by atoms with Gasteiger partial charge in [-0.05, 0) is 37.5 Å². The van der Waals surface area contributed by atoms with Gasteiger partial charge in [-0.3, -0.25) is 4.79 Å². The van der Waals surface area contributed by atoms with Gasteiger partial charge in [-0.25, -0.2) is 14.6 Å². The molecule has 2 aromatic carbocycles. The van der Waals surface area contributed by atoms with Crippen LogP contribution < -0.4 is 15.8 Å². The maximum atomic E-state index is 12.7. The summed E-state index contributed by atoms with van der Waals surface area (Å²) in [6.45, 7) is 2.81. The number of nitrogens with zero attached hydrogens (tertiary/aromatic N) is 4. The Morgan fingerprint density at radius 1 is 1.12 bits per heavy atom. The van der Waals surface area contributed by atoms with Gasteiger partial charge in [0.2, 0.25) is 0 Å². The summed E-state index contributed by atoms with van der Waals surface area (Å²) < 4.78 is 7.60. The Morgan fingerprint density at radius 3 is 2.65 bits per heavy atom. The summed E-state index contributed by atoms with van der Waals surface area (Å²) in [6, 6.07) is 15.6. The molecule has 4 aromatic rings. The minimum atomic E-state index is -0.167. The molecule has 0 unspecified atom stereocenters. The molecule has 1 saturated carbocycles. The third kappa shape index (κ3) is 4.19. The number of ether oxygens (including phenoxy) is 1. The number of carbonyl (C=O) groups is 1. The Labute approximate surface area is 198 Å². The van der Waals surface area contributed by atoms with Crippen molar-refractivity contribution in [1.82, 2.24) is 25.1 Å². The number of carbonyl (C=O) groups excluding carboxylic acids is 1. The van der Waals surface area contributed by atoms with Crippen molar-refractivity contribution in [2.75, 3.05) is 12.3 Å². The summed E-state index contributed by atoms with van der Waals surface area (Å²) in [5.74, 6) is 0.857. The molecule has 1 aliphatic carbocycles. The van der Waals surface area contributed by atoms with Crippen LogP contribution in [0.25, 0.3) is 22.3 Å². The minimum absolute atomic E-state index is 0.167. The molecule has 0 radical (unpaired) electrons. The molecule has 0 aliphatic heterocycles. The van der Waals surface area contributed by atoms with Crippen LogP contribution in [-0.4, -0.2) is 32.3 Å². The zero-order valence-corrected chi connectivity index (χ0v) is 19.2. The number of rotatable bonds is 7. The fraction of sp³-hybridized carbons (Fsp3) is 0.308. The predicted molar refractivity (Wildman–Crippen MR) is 131 cm³/mol. The molecule has 174 valence electrons. The van der Waals surface area contributed by atoms with Gasteiger partial charge in [0.05, 0.1) is 23.6 Å². The smallest absolute Gasteiger partial charge is 0.255 e. The molecule has 2 heterocycles. The van der Waals surface area contributed by atoms with E-state index in [1.807, 2.05) is 48.0 Å². The third-order valence-corrected chi connectivity index (χ3v) is 6.30. The summed E-state index contributed by atoms with van der Waals surface area (Å²) in [6.07, 6.45) is 6.12. The van der Waals surface area contributed by atoms with Crippen LogP contribution in [0, 0.1) is 0 Å². The second kappa shape index (κ2) is 9.51. The van der Waals surface area contributed by atoms with Crippen molar-refractivity contribution in [2.24, 2.45) is 0 Å². The van der Waals surface area contributed by atoms with Gasteiger partial charge in [-0.2, -0.15) is 5.10 Å². The van der Waals surface area contributed by atoms with E-state index < -0.39 is 0 Å². The second-order valence-corrected chi connectivity index (χ2v) is 8.50. The number of hydrogen-bond donors (Lipinski definition) is 2. The first-order chi connectivity index (χ1) is 16.7. The molecule has 1 amide bonds. The second-order valence-electron chi connectivity index (χ2n) is 8.50. The summed E-state index contributed by atoms with van der Waals surface area (Å²) in [5.41, 5.74) is 10.3. The van der Waals surface area contributed by atoms with Gasteiger partial charge in [0.1, 0.15) is 23.6 Å². The average Bonchev–Trinajstić information content (AvgIpc) is 3.52. The monoisotopic (exact) mass is 456 g/mol. The first kappa shape index (κ1) is 21.9. The van der Waals surface area contributed by atoms with Crippen LogP contribution >= 0.6 is 0 Å². The number of fused-ring (bicyclic) bond motifs is 1. The molecule has 8 heteroatoms. The third-order valence-electron chi connectivity index (χ3n) is 6.30. The van der Waals surface area contributed by atoms with E-state index in [0.29, 0.717) is 36.3 Å². The Bertz CT molecular complexity index is 1310. The maximum Gasteiger partial charge on any atom is 0.255 e. The predicted octanol–water partition coefficient (Wildman–Crippen LogP) is 4.52. The number of para-hydroxylation sites is 1. The largest absolute Gasteiger partial charge is 0.493 e. The van der Waals surface area contributed by atoms with Crippen LogP contribution in [-0.2, 0) is 6.54 Å². The van der Waals surface area contributed by atoms with Crippen molar-refractivity contribution < 1.29 is 9.53 Å². The van der Waals surface area contributed by atoms with Gasteiger partial charge in [-0.15, -0.1) is 0 Å². The fourth-order valence-electron chi connectivity index (χ4n) is 4.59. The summed E-state index contributed by atoms with van der Waals surface area (Å²) in [4.78, 5) is 21.4. The van der Waals surface area contributed by atoms with Crippen molar-refractivity contribution >= 4 is 22.8 Å². The van der Waals surface area contributed by atoms with Crippen molar-refractivity contribution in [2.45, 2.75) is 45.2 Å². The van der Waals surface area contributed by atoms with Gasteiger partial charge in [-0.1, -0.05) is 49.2 Å². The molecule has 1 aliphatic rings. The van der Waals surface area contributed by atoms with E-state index in [2.05, 4.69) is 15.3 Å². The van der Waals surface area contributed by atoms with Gasteiger partial charge >= 0.3 is 0 Å². The highest BCUT2D eigenvalue weighted by Gasteiger charge is 2.24. The lowest BCUT2D eigenvalue weighted by atomic mass is 10.1. The quantitative estimate of drug-likeness (QED) is 0.423. The number of anilines is 1. The van der Waals surface area contributed by atoms with E-state index in [4.69, 9.17) is 15.6 Å². The van der Waals surface area contributed by atoms with Gasteiger partial charge in [0, 0.05) is 12.1 Å². The van der Waals surface area contributed by atoms with E-state index in [1.165, 1.54) is 19.2 Å². The number of nitrogen functional groups attached to an aromatic ring is 1. The van der Waals surface area contributed by atoms with E-state index >= 15 is 0 Å². The molecule has 3 N–H and O–H groups in total. The number of benzene rings is 2. The Hall–Kier alpha value is -3.94. The highest BCUT2D eigenvalue weighted by Crippen LogP contribution is 2.36. The summed E-state index contributed by atoms with van der Waals surface area (Å²) >= 11 is 0. The number of nitrogens with two attached hydrogens (primary N) is 1. The maximum absolute atomic E-state index is 12.7. The molecule has 0 spiro atoms. The van der Waals surface area contributed by atoms with E-state index in [9.17, 15) is 4.79 Å². The zero-order valence-electron chi connectivity index (χ0n) is 19.2. The van der Waals surface area contributed by atoms with Crippen molar-refractivity contribution in [3.8, 4) is 17.0 Å². The van der Waals surface area contributed by atoms with Crippen molar-refractivity contribution in [3.05, 3.63) is 66.0 Å². The standard InChI is InChI=1S/C26H28N6O2/c1-2-34-21-10-6-5-9-20(21)26(33)28-15-17-11-13-18(14-12-17)23-22-24(27)29-16-30-25(22)32(31-23)19-7-3-4-8-19/h5-6,9-14,16,19H,2-4,7-8,15H2,1H3,(H,28,33)(H2,27,29,30). The molecule has 0 bridgehead atoms. The lowest BCUT2D eigenvalue weighted by Gasteiger charge is -2.11. The van der Waals surface area contributed by atoms with Crippen LogP contribution in [0.1, 0.15) is 54.6 Å². The number of hydrogen-bond acceptors (Lipinski definition) is 6. The number of amides is 1. The van der Waals surface area contributed by atoms with E-state index in [0.717, 1.165) is 40.7 Å². The first-order valence-electron chi connectivity index (χ1n) is 11.7. The molecule has 0 saturated heterocycles. The highest BCUT2D eigenvalue weighted by molar-refractivity contribution is 5.98. The van der Waals surface area contributed by atoms with Crippen LogP contribution in [0.2, 0.25) is 0 Å². The molecule has 34 heavy (non-hydrogen) atoms. The van der Waals surface area contributed by atoms with E-state index in [-0.39, 0.29) is 5.91 Å². The molecule has 8 nitrogen and oxygen atoms in total. The van der Waals surface area contributed by atoms with Gasteiger partial charge in [0.15, 0.2) is 5.65 Å². The lowest BCUT2D eigenvalue weighted by molar-refractivity contribution is 0.0947. The topological polar surface area (TPSA) is 108 Å². The number of aromatic nitrogens is 4.